The Labute approximate surface area is 140 Å². The predicted octanol–water partition coefficient (Wildman–Crippen LogP) is 2.24. The van der Waals surface area contributed by atoms with Crippen LogP contribution in [0.4, 0.5) is 5.95 Å². The molecule has 1 aromatic carbocycles. The second kappa shape index (κ2) is 6.44. The van der Waals surface area contributed by atoms with E-state index >= 15 is 0 Å². The lowest BCUT2D eigenvalue weighted by molar-refractivity contribution is 0.529. The molecule has 0 amide bonds. The van der Waals surface area contributed by atoms with E-state index in [1.165, 1.54) is 23.5 Å². The second-order valence-electron chi connectivity index (χ2n) is 5.37. The molecule has 0 saturated carbocycles. The first-order valence-electron chi connectivity index (χ1n) is 7.53. The molecule has 2 aromatic heterocycles. The Morgan fingerprint density at radius 2 is 1.92 bits per heavy atom. The molecule has 0 bridgehead atoms. The van der Waals surface area contributed by atoms with E-state index in [9.17, 15) is 8.42 Å². The van der Waals surface area contributed by atoms with E-state index in [4.69, 9.17) is 0 Å². The second-order valence-corrected chi connectivity index (χ2v) is 7.00. The number of hydrogen-bond acceptors (Lipinski definition) is 5. The summed E-state index contributed by atoms with van der Waals surface area (Å²) in [7, 11) is -3.82. The summed E-state index contributed by atoms with van der Waals surface area (Å²) in [5, 5.41) is 4.07. The number of benzene rings is 1. The zero-order chi connectivity index (χ0) is 17.2. The lowest BCUT2D eigenvalue weighted by atomic mass is 10.3. The standard InChI is InChI=1S/C15H18N6O2S/c1-3-12(2)20-9-14(16-10-20)24(22,23)19-15-17-11-21(18-15)13-7-5-4-6-8-13/h4-12H,3H2,1-2H3,(H,18,19)/t12-/m1/s1. The van der Waals surface area contributed by atoms with Crippen LogP contribution in [0.15, 0.2) is 54.2 Å². The summed E-state index contributed by atoms with van der Waals surface area (Å²) >= 11 is 0. The van der Waals surface area contributed by atoms with E-state index in [-0.39, 0.29) is 17.0 Å². The molecule has 1 atom stereocenters. The molecular weight excluding hydrogens is 328 g/mol. The van der Waals surface area contributed by atoms with Crippen LogP contribution in [0, 0.1) is 0 Å². The van der Waals surface area contributed by atoms with Gasteiger partial charge in [0.15, 0.2) is 5.03 Å². The molecule has 0 aliphatic carbocycles. The van der Waals surface area contributed by atoms with Crippen LogP contribution in [0.25, 0.3) is 5.69 Å². The van der Waals surface area contributed by atoms with Crippen molar-refractivity contribution in [3.8, 4) is 5.69 Å². The van der Waals surface area contributed by atoms with Gasteiger partial charge < -0.3 is 4.57 Å². The molecule has 3 aromatic rings. The third-order valence-electron chi connectivity index (χ3n) is 3.69. The Kier molecular flexibility index (Phi) is 4.34. The van der Waals surface area contributed by atoms with Gasteiger partial charge in [-0.25, -0.2) is 14.4 Å². The molecule has 0 radical (unpaired) electrons. The topological polar surface area (TPSA) is 94.7 Å². The van der Waals surface area contributed by atoms with Crippen LogP contribution in [0.2, 0.25) is 0 Å². The zero-order valence-electron chi connectivity index (χ0n) is 13.4. The molecular formula is C15H18N6O2S. The molecule has 0 aliphatic heterocycles. The van der Waals surface area contributed by atoms with Crippen molar-refractivity contribution in [2.24, 2.45) is 0 Å². The van der Waals surface area contributed by atoms with Crippen LogP contribution in [0.3, 0.4) is 0 Å². The summed E-state index contributed by atoms with van der Waals surface area (Å²) in [4.78, 5) is 7.96. The Morgan fingerprint density at radius 1 is 1.17 bits per heavy atom. The van der Waals surface area contributed by atoms with Crippen molar-refractivity contribution in [3.05, 3.63) is 49.2 Å². The van der Waals surface area contributed by atoms with E-state index in [0.717, 1.165) is 12.1 Å². The van der Waals surface area contributed by atoms with Crippen LogP contribution in [-0.2, 0) is 10.0 Å². The first-order valence-corrected chi connectivity index (χ1v) is 9.01. The maximum Gasteiger partial charge on any atom is 0.283 e. The molecule has 3 rings (SSSR count). The normalized spacial score (nSPS) is 12.9. The number of rotatable bonds is 6. The van der Waals surface area contributed by atoms with Gasteiger partial charge in [-0.15, -0.1) is 5.10 Å². The Hall–Kier alpha value is -2.68. The summed E-state index contributed by atoms with van der Waals surface area (Å²) in [6.45, 7) is 4.02. The average molecular weight is 346 g/mol. The molecule has 126 valence electrons. The van der Waals surface area contributed by atoms with E-state index in [2.05, 4.69) is 19.8 Å². The van der Waals surface area contributed by atoms with Gasteiger partial charge in [-0.1, -0.05) is 25.1 Å². The van der Waals surface area contributed by atoms with Crippen molar-refractivity contribution in [2.45, 2.75) is 31.3 Å². The van der Waals surface area contributed by atoms with Crippen molar-refractivity contribution in [2.75, 3.05) is 4.72 Å². The molecule has 24 heavy (non-hydrogen) atoms. The highest BCUT2D eigenvalue weighted by Crippen LogP contribution is 2.16. The number of hydrogen-bond donors (Lipinski definition) is 1. The third kappa shape index (κ3) is 3.30. The first kappa shape index (κ1) is 16.2. The average Bonchev–Trinajstić information content (AvgIpc) is 3.24. The van der Waals surface area contributed by atoms with Crippen LogP contribution in [0.5, 0.6) is 0 Å². The zero-order valence-corrected chi connectivity index (χ0v) is 14.2. The maximum atomic E-state index is 12.4. The summed E-state index contributed by atoms with van der Waals surface area (Å²) < 4.78 is 30.4. The highest BCUT2D eigenvalue weighted by atomic mass is 32.2. The van der Waals surface area contributed by atoms with Gasteiger partial charge in [-0.2, -0.15) is 13.4 Å². The summed E-state index contributed by atoms with van der Waals surface area (Å²) in [5.74, 6) is -0.00283. The number of nitrogens with one attached hydrogen (secondary N) is 1. The Balaban J connectivity index is 1.80. The fraction of sp³-hybridized carbons (Fsp3) is 0.267. The number of aromatic nitrogens is 5. The smallest absolute Gasteiger partial charge is 0.283 e. The van der Waals surface area contributed by atoms with Crippen molar-refractivity contribution >= 4 is 16.0 Å². The molecule has 8 nitrogen and oxygen atoms in total. The largest absolute Gasteiger partial charge is 0.333 e. The molecule has 9 heteroatoms. The highest BCUT2D eigenvalue weighted by Gasteiger charge is 2.20. The number of nitrogens with zero attached hydrogens (tertiary/aromatic N) is 5. The number of imidazole rings is 1. The molecule has 1 N–H and O–H groups in total. The SMILES string of the molecule is CC[C@@H](C)n1cnc(S(=O)(=O)Nc2ncn(-c3ccccc3)n2)c1. The third-order valence-corrected chi connectivity index (χ3v) is 4.90. The van der Waals surface area contributed by atoms with Gasteiger partial charge in [0.25, 0.3) is 16.0 Å². The lowest BCUT2D eigenvalue weighted by Crippen LogP contribution is -2.15. The minimum atomic E-state index is -3.82. The molecule has 0 saturated heterocycles. The van der Waals surface area contributed by atoms with Crippen molar-refractivity contribution in [3.63, 3.8) is 0 Å². The van der Waals surface area contributed by atoms with E-state index in [1.54, 1.807) is 4.57 Å². The minimum Gasteiger partial charge on any atom is -0.333 e. The maximum absolute atomic E-state index is 12.4. The van der Waals surface area contributed by atoms with Gasteiger partial charge in [-0.05, 0) is 25.5 Å². The summed E-state index contributed by atoms with van der Waals surface area (Å²) in [6.07, 6.45) is 5.35. The number of para-hydroxylation sites is 1. The molecule has 0 unspecified atom stereocenters. The fourth-order valence-electron chi connectivity index (χ4n) is 2.10. The van der Waals surface area contributed by atoms with Crippen LogP contribution >= 0.6 is 0 Å². The molecule has 0 spiro atoms. The highest BCUT2D eigenvalue weighted by molar-refractivity contribution is 7.92. The Morgan fingerprint density at radius 3 is 2.62 bits per heavy atom. The van der Waals surface area contributed by atoms with Gasteiger partial charge >= 0.3 is 0 Å². The summed E-state index contributed by atoms with van der Waals surface area (Å²) in [6, 6.07) is 9.49. The quantitative estimate of drug-likeness (QED) is 0.738. The van der Waals surface area contributed by atoms with Crippen LogP contribution < -0.4 is 4.72 Å². The van der Waals surface area contributed by atoms with Crippen LogP contribution in [-0.4, -0.2) is 32.7 Å². The number of sulfonamides is 1. The van der Waals surface area contributed by atoms with Crippen molar-refractivity contribution in [1.29, 1.82) is 0 Å². The van der Waals surface area contributed by atoms with Gasteiger partial charge in [0.2, 0.25) is 0 Å². The predicted molar refractivity (Wildman–Crippen MR) is 89.4 cm³/mol. The van der Waals surface area contributed by atoms with Gasteiger partial charge in [0, 0.05) is 12.2 Å². The monoisotopic (exact) mass is 346 g/mol. The molecule has 0 aliphatic rings. The van der Waals surface area contributed by atoms with E-state index in [1.807, 2.05) is 44.2 Å². The van der Waals surface area contributed by atoms with Crippen molar-refractivity contribution in [1.82, 2.24) is 24.3 Å². The fourth-order valence-corrected chi connectivity index (χ4v) is 2.98. The Bertz CT molecular complexity index is 916. The lowest BCUT2D eigenvalue weighted by Gasteiger charge is -2.08. The minimum absolute atomic E-state index is 0.00283. The molecule has 2 heterocycles. The van der Waals surface area contributed by atoms with Gasteiger partial charge in [0.05, 0.1) is 12.0 Å². The first-order chi connectivity index (χ1) is 11.5. The molecule has 0 fully saturated rings. The van der Waals surface area contributed by atoms with E-state index in [0.29, 0.717) is 0 Å². The van der Waals surface area contributed by atoms with Gasteiger partial charge in [0.1, 0.15) is 6.33 Å². The summed E-state index contributed by atoms with van der Waals surface area (Å²) in [5.41, 5.74) is 0.788. The van der Waals surface area contributed by atoms with Crippen LogP contribution in [0.1, 0.15) is 26.3 Å². The van der Waals surface area contributed by atoms with Gasteiger partial charge in [-0.3, -0.25) is 0 Å². The van der Waals surface area contributed by atoms with Crippen molar-refractivity contribution < 1.29 is 8.42 Å². The van der Waals surface area contributed by atoms with E-state index < -0.39 is 10.0 Å². The number of anilines is 1.